The lowest BCUT2D eigenvalue weighted by Crippen LogP contribution is -2.33. The third-order valence-electron chi connectivity index (χ3n) is 2.96. The van der Waals surface area contributed by atoms with E-state index in [9.17, 15) is 0 Å². The van der Waals surface area contributed by atoms with Crippen LogP contribution in [0.2, 0.25) is 10.0 Å². The molecule has 1 aromatic carbocycles. The second-order valence-electron chi connectivity index (χ2n) is 4.18. The van der Waals surface area contributed by atoms with Gasteiger partial charge in [-0.25, -0.2) is 0 Å². The first-order valence-electron chi connectivity index (χ1n) is 5.83. The molecule has 0 radical (unpaired) electrons. The molecular weight excluding hydrogens is 269 g/mol. The third kappa shape index (κ3) is 2.69. The first-order chi connectivity index (χ1) is 8.63. The summed E-state index contributed by atoms with van der Waals surface area (Å²) in [5.74, 6) is 0. The van der Waals surface area contributed by atoms with E-state index in [1.54, 1.807) is 17.1 Å². The zero-order valence-corrected chi connectivity index (χ0v) is 11.6. The van der Waals surface area contributed by atoms with Crippen molar-refractivity contribution in [2.75, 3.05) is 0 Å². The van der Waals surface area contributed by atoms with E-state index in [4.69, 9.17) is 28.9 Å². The van der Waals surface area contributed by atoms with E-state index in [0.29, 0.717) is 10.0 Å². The molecule has 0 bridgehead atoms. The van der Waals surface area contributed by atoms with Crippen LogP contribution in [0.1, 0.15) is 24.9 Å². The van der Waals surface area contributed by atoms with Gasteiger partial charge >= 0.3 is 0 Å². The minimum Gasteiger partial charge on any atom is -0.326 e. The molecule has 2 aromatic rings. The molecule has 1 aromatic heterocycles. The lowest BCUT2D eigenvalue weighted by atomic mass is 9.98. The molecule has 2 rings (SSSR count). The standard InChI is InChI=1S/C13H15Cl2N3/c1-2-12(16)13(18-8-9(14)7-17-18)10-5-3-4-6-11(10)15/h3-8,12-13H,2,16H2,1H3. The van der Waals surface area contributed by atoms with Crippen molar-refractivity contribution in [3.63, 3.8) is 0 Å². The monoisotopic (exact) mass is 283 g/mol. The molecule has 3 nitrogen and oxygen atoms in total. The highest BCUT2D eigenvalue weighted by molar-refractivity contribution is 6.31. The molecule has 0 fully saturated rings. The molecule has 0 spiro atoms. The first-order valence-corrected chi connectivity index (χ1v) is 6.58. The summed E-state index contributed by atoms with van der Waals surface area (Å²) in [6, 6.07) is 7.50. The number of halogens is 2. The Hall–Kier alpha value is -1.03. The fourth-order valence-electron chi connectivity index (χ4n) is 1.97. The third-order valence-corrected chi connectivity index (χ3v) is 3.50. The zero-order valence-electron chi connectivity index (χ0n) is 10.1. The molecule has 0 saturated heterocycles. The van der Waals surface area contributed by atoms with E-state index in [1.807, 2.05) is 31.2 Å². The summed E-state index contributed by atoms with van der Waals surface area (Å²) in [5, 5.41) is 5.53. The SMILES string of the molecule is CCC(N)C(c1ccccc1Cl)n1cc(Cl)cn1. The summed E-state index contributed by atoms with van der Waals surface area (Å²) >= 11 is 12.2. The van der Waals surface area contributed by atoms with Gasteiger partial charge in [0.25, 0.3) is 0 Å². The van der Waals surface area contributed by atoms with Gasteiger partial charge in [0.1, 0.15) is 0 Å². The van der Waals surface area contributed by atoms with Crippen LogP contribution in [-0.4, -0.2) is 15.8 Å². The maximum atomic E-state index is 6.25. The van der Waals surface area contributed by atoms with Crippen LogP contribution >= 0.6 is 23.2 Å². The number of hydrogen-bond acceptors (Lipinski definition) is 2. The van der Waals surface area contributed by atoms with Crippen molar-refractivity contribution in [3.05, 3.63) is 52.3 Å². The number of rotatable bonds is 4. The molecule has 96 valence electrons. The quantitative estimate of drug-likeness (QED) is 0.933. The Kier molecular flexibility index (Phi) is 4.27. The van der Waals surface area contributed by atoms with Crippen LogP contribution in [0.15, 0.2) is 36.7 Å². The van der Waals surface area contributed by atoms with Crippen molar-refractivity contribution >= 4 is 23.2 Å². The molecule has 18 heavy (non-hydrogen) atoms. The highest BCUT2D eigenvalue weighted by Crippen LogP contribution is 2.29. The maximum Gasteiger partial charge on any atom is 0.0934 e. The second-order valence-corrected chi connectivity index (χ2v) is 5.02. The van der Waals surface area contributed by atoms with Crippen LogP contribution < -0.4 is 5.73 Å². The molecular formula is C13H15Cl2N3. The summed E-state index contributed by atoms with van der Waals surface area (Å²) in [7, 11) is 0. The van der Waals surface area contributed by atoms with Crippen molar-refractivity contribution in [1.82, 2.24) is 9.78 Å². The number of hydrogen-bond donors (Lipinski definition) is 1. The predicted octanol–water partition coefficient (Wildman–Crippen LogP) is 3.52. The fraction of sp³-hybridized carbons (Fsp3) is 0.308. The summed E-state index contributed by atoms with van der Waals surface area (Å²) < 4.78 is 1.78. The van der Waals surface area contributed by atoms with Crippen LogP contribution in [0.3, 0.4) is 0 Å². The van der Waals surface area contributed by atoms with Gasteiger partial charge in [0.2, 0.25) is 0 Å². The molecule has 0 aliphatic rings. The van der Waals surface area contributed by atoms with Gasteiger partial charge in [0, 0.05) is 17.3 Å². The molecule has 5 heteroatoms. The van der Waals surface area contributed by atoms with E-state index >= 15 is 0 Å². The predicted molar refractivity (Wildman–Crippen MR) is 75.1 cm³/mol. The van der Waals surface area contributed by atoms with Gasteiger partial charge in [0.15, 0.2) is 0 Å². The molecule has 2 unspecified atom stereocenters. The summed E-state index contributed by atoms with van der Waals surface area (Å²) in [6.45, 7) is 2.04. The Morgan fingerprint density at radius 1 is 1.33 bits per heavy atom. The van der Waals surface area contributed by atoms with Crippen molar-refractivity contribution in [3.8, 4) is 0 Å². The van der Waals surface area contributed by atoms with Gasteiger partial charge in [-0.2, -0.15) is 5.10 Å². The minimum absolute atomic E-state index is 0.0686. The summed E-state index contributed by atoms with van der Waals surface area (Å²) in [6.07, 6.45) is 4.20. The largest absolute Gasteiger partial charge is 0.326 e. The Bertz CT molecular complexity index is 524. The van der Waals surface area contributed by atoms with Gasteiger partial charge < -0.3 is 5.73 Å². The molecule has 2 N–H and O–H groups in total. The van der Waals surface area contributed by atoms with E-state index in [0.717, 1.165) is 12.0 Å². The van der Waals surface area contributed by atoms with Gasteiger partial charge in [-0.1, -0.05) is 48.3 Å². The topological polar surface area (TPSA) is 43.8 Å². The normalized spacial score (nSPS) is 14.4. The van der Waals surface area contributed by atoms with E-state index in [2.05, 4.69) is 5.10 Å². The zero-order chi connectivity index (χ0) is 13.1. The fourth-order valence-corrected chi connectivity index (χ4v) is 2.37. The van der Waals surface area contributed by atoms with Gasteiger partial charge in [0.05, 0.1) is 17.3 Å². The number of nitrogens with zero attached hydrogens (tertiary/aromatic N) is 2. The minimum atomic E-state index is -0.101. The van der Waals surface area contributed by atoms with Crippen LogP contribution in [0.5, 0.6) is 0 Å². The van der Waals surface area contributed by atoms with Gasteiger partial charge in [-0.15, -0.1) is 0 Å². The number of nitrogens with two attached hydrogens (primary N) is 1. The van der Waals surface area contributed by atoms with Crippen molar-refractivity contribution in [2.45, 2.75) is 25.4 Å². The Morgan fingerprint density at radius 2 is 2.06 bits per heavy atom. The lowest BCUT2D eigenvalue weighted by molar-refractivity contribution is 0.424. The average molecular weight is 284 g/mol. The molecule has 1 heterocycles. The average Bonchev–Trinajstić information content (AvgIpc) is 2.78. The second kappa shape index (κ2) is 5.74. The number of aromatic nitrogens is 2. The number of benzene rings is 1. The summed E-state index contributed by atoms with van der Waals surface area (Å²) in [5.41, 5.74) is 7.16. The smallest absolute Gasteiger partial charge is 0.0934 e. The lowest BCUT2D eigenvalue weighted by Gasteiger charge is -2.24. The van der Waals surface area contributed by atoms with Crippen LogP contribution in [-0.2, 0) is 0 Å². The van der Waals surface area contributed by atoms with Gasteiger partial charge in [-0.05, 0) is 18.1 Å². The van der Waals surface area contributed by atoms with Gasteiger partial charge in [-0.3, -0.25) is 4.68 Å². The van der Waals surface area contributed by atoms with Crippen LogP contribution in [0, 0.1) is 0 Å². The Balaban J connectivity index is 2.47. The highest BCUT2D eigenvalue weighted by Gasteiger charge is 2.23. The Morgan fingerprint density at radius 3 is 2.61 bits per heavy atom. The van der Waals surface area contributed by atoms with Crippen LogP contribution in [0.4, 0.5) is 0 Å². The van der Waals surface area contributed by atoms with E-state index < -0.39 is 0 Å². The maximum absolute atomic E-state index is 6.25. The highest BCUT2D eigenvalue weighted by atomic mass is 35.5. The van der Waals surface area contributed by atoms with Crippen molar-refractivity contribution in [1.29, 1.82) is 0 Å². The Labute approximate surface area is 117 Å². The molecule has 0 aliphatic heterocycles. The van der Waals surface area contributed by atoms with Crippen LogP contribution in [0.25, 0.3) is 0 Å². The molecule has 0 saturated carbocycles. The first kappa shape index (κ1) is 13.4. The van der Waals surface area contributed by atoms with E-state index in [1.165, 1.54) is 0 Å². The molecule has 0 aliphatic carbocycles. The van der Waals surface area contributed by atoms with Crippen molar-refractivity contribution < 1.29 is 0 Å². The van der Waals surface area contributed by atoms with Crippen molar-refractivity contribution in [2.24, 2.45) is 5.73 Å². The molecule has 0 amide bonds. The molecule has 2 atom stereocenters. The van der Waals surface area contributed by atoms with E-state index in [-0.39, 0.29) is 12.1 Å². The summed E-state index contributed by atoms with van der Waals surface area (Å²) in [4.78, 5) is 0.